The molecule has 0 aromatic heterocycles. The number of hydrogen-bond donors (Lipinski definition) is 2. The van der Waals surface area contributed by atoms with Crippen LogP contribution in [0.2, 0.25) is 10.0 Å². The number of likely N-dealkylation sites (tertiary alicyclic amines) is 1. The van der Waals surface area contributed by atoms with Gasteiger partial charge in [0.05, 0.1) is 16.6 Å². The van der Waals surface area contributed by atoms with Gasteiger partial charge in [0.25, 0.3) is 0 Å². The highest BCUT2D eigenvalue weighted by Crippen LogP contribution is 2.30. The van der Waals surface area contributed by atoms with E-state index in [1.54, 1.807) is 12.1 Å². The zero-order chi connectivity index (χ0) is 15.7. The van der Waals surface area contributed by atoms with E-state index in [9.17, 15) is 9.59 Å². The normalized spacial score (nSPS) is 21.4. The fourth-order valence-corrected chi connectivity index (χ4v) is 2.82. The molecule has 1 heterocycles. The number of rotatable bonds is 2. The molecule has 2 amide bonds. The second-order valence-corrected chi connectivity index (χ2v) is 6.15. The quantitative estimate of drug-likeness (QED) is 0.872. The molecule has 1 saturated heterocycles. The molecule has 0 saturated carbocycles. The Kier molecular flexibility index (Phi) is 4.64. The second kappa shape index (κ2) is 6.12. The van der Waals surface area contributed by atoms with E-state index in [1.165, 1.54) is 4.90 Å². The van der Waals surface area contributed by atoms with Crippen molar-refractivity contribution < 1.29 is 14.7 Å². The number of aryl methyl sites for hydroxylation is 1. The van der Waals surface area contributed by atoms with E-state index in [0.717, 1.165) is 5.56 Å². The van der Waals surface area contributed by atoms with Gasteiger partial charge in [-0.3, -0.25) is 4.79 Å². The Labute approximate surface area is 132 Å². The van der Waals surface area contributed by atoms with E-state index >= 15 is 0 Å². The van der Waals surface area contributed by atoms with Gasteiger partial charge in [0.1, 0.15) is 0 Å². The van der Waals surface area contributed by atoms with Crippen molar-refractivity contribution in [2.75, 3.05) is 18.4 Å². The Hall–Kier alpha value is -1.46. The Morgan fingerprint density at radius 2 is 1.95 bits per heavy atom. The zero-order valence-electron chi connectivity index (χ0n) is 11.7. The van der Waals surface area contributed by atoms with Crippen LogP contribution in [-0.2, 0) is 4.79 Å². The van der Waals surface area contributed by atoms with E-state index < -0.39 is 11.9 Å². The first-order valence-corrected chi connectivity index (χ1v) is 7.29. The van der Waals surface area contributed by atoms with Gasteiger partial charge in [-0.1, -0.05) is 30.1 Å². The number of halogens is 2. The smallest absolute Gasteiger partial charge is 0.321 e. The fourth-order valence-electron chi connectivity index (χ4n) is 2.39. The van der Waals surface area contributed by atoms with Crippen molar-refractivity contribution in [3.8, 4) is 0 Å². The first-order valence-electron chi connectivity index (χ1n) is 6.54. The van der Waals surface area contributed by atoms with Crippen molar-refractivity contribution in [3.05, 3.63) is 27.7 Å². The van der Waals surface area contributed by atoms with Gasteiger partial charge in [0, 0.05) is 18.1 Å². The van der Waals surface area contributed by atoms with Gasteiger partial charge in [-0.05, 0) is 30.5 Å². The molecule has 2 atom stereocenters. The molecular formula is C14H16Cl2N2O3. The summed E-state index contributed by atoms with van der Waals surface area (Å²) in [7, 11) is 0. The third-order valence-electron chi connectivity index (χ3n) is 3.71. The predicted octanol–water partition coefficient (Wildman–Crippen LogP) is 3.49. The second-order valence-electron chi connectivity index (χ2n) is 5.34. The molecule has 7 heteroatoms. The summed E-state index contributed by atoms with van der Waals surface area (Å²) >= 11 is 12.1. The van der Waals surface area contributed by atoms with Gasteiger partial charge in [-0.25, -0.2) is 4.79 Å². The SMILES string of the molecule is Cc1cc(Cl)c(NC(=O)N2CC(C)C(C(=O)O)C2)cc1Cl. The van der Waals surface area contributed by atoms with Crippen LogP contribution < -0.4 is 5.32 Å². The van der Waals surface area contributed by atoms with E-state index in [2.05, 4.69) is 5.32 Å². The maximum Gasteiger partial charge on any atom is 0.321 e. The van der Waals surface area contributed by atoms with E-state index in [-0.39, 0.29) is 18.5 Å². The summed E-state index contributed by atoms with van der Waals surface area (Å²) in [6.07, 6.45) is 0. The van der Waals surface area contributed by atoms with E-state index in [0.29, 0.717) is 22.3 Å². The van der Waals surface area contributed by atoms with Crippen molar-refractivity contribution in [1.29, 1.82) is 0 Å². The Morgan fingerprint density at radius 3 is 2.52 bits per heavy atom. The number of carbonyl (C=O) groups excluding carboxylic acids is 1. The topological polar surface area (TPSA) is 69.6 Å². The fraction of sp³-hybridized carbons (Fsp3) is 0.429. The van der Waals surface area contributed by atoms with Crippen LogP contribution in [-0.4, -0.2) is 35.1 Å². The first-order chi connectivity index (χ1) is 9.79. The number of aliphatic carboxylic acids is 1. The maximum absolute atomic E-state index is 12.2. The molecule has 1 fully saturated rings. The highest BCUT2D eigenvalue weighted by Gasteiger charge is 2.37. The molecule has 0 bridgehead atoms. The van der Waals surface area contributed by atoms with Crippen molar-refractivity contribution in [1.82, 2.24) is 4.90 Å². The van der Waals surface area contributed by atoms with Crippen LogP contribution in [0, 0.1) is 18.8 Å². The molecule has 1 aliphatic heterocycles. The number of nitrogens with zero attached hydrogens (tertiary/aromatic N) is 1. The lowest BCUT2D eigenvalue weighted by Crippen LogP contribution is -2.33. The summed E-state index contributed by atoms with van der Waals surface area (Å²) in [5, 5.41) is 12.7. The lowest BCUT2D eigenvalue weighted by molar-refractivity contribution is -0.142. The monoisotopic (exact) mass is 330 g/mol. The number of anilines is 1. The Morgan fingerprint density at radius 1 is 1.29 bits per heavy atom. The summed E-state index contributed by atoms with van der Waals surface area (Å²) in [5.41, 5.74) is 1.24. The molecule has 1 aromatic rings. The number of carbonyl (C=O) groups is 2. The van der Waals surface area contributed by atoms with E-state index in [1.807, 2.05) is 13.8 Å². The number of urea groups is 1. The van der Waals surface area contributed by atoms with Crippen LogP contribution in [0.3, 0.4) is 0 Å². The molecule has 21 heavy (non-hydrogen) atoms. The summed E-state index contributed by atoms with van der Waals surface area (Å²) in [4.78, 5) is 24.8. The van der Waals surface area contributed by atoms with Crippen LogP contribution >= 0.6 is 23.2 Å². The number of nitrogens with one attached hydrogen (secondary N) is 1. The van der Waals surface area contributed by atoms with Crippen LogP contribution in [0.4, 0.5) is 10.5 Å². The average molecular weight is 331 g/mol. The van der Waals surface area contributed by atoms with Crippen molar-refractivity contribution in [3.63, 3.8) is 0 Å². The Bertz CT molecular complexity index is 592. The number of benzene rings is 1. The Balaban J connectivity index is 2.09. The van der Waals surface area contributed by atoms with Crippen LogP contribution in [0.15, 0.2) is 12.1 Å². The highest BCUT2D eigenvalue weighted by molar-refractivity contribution is 6.36. The molecule has 5 nitrogen and oxygen atoms in total. The number of hydrogen-bond acceptors (Lipinski definition) is 2. The predicted molar refractivity (Wildman–Crippen MR) is 82.1 cm³/mol. The average Bonchev–Trinajstić information content (AvgIpc) is 2.78. The lowest BCUT2D eigenvalue weighted by atomic mass is 9.99. The highest BCUT2D eigenvalue weighted by atomic mass is 35.5. The molecule has 1 aliphatic rings. The third kappa shape index (κ3) is 3.41. The minimum absolute atomic E-state index is 0.0784. The molecule has 2 unspecified atom stereocenters. The molecular weight excluding hydrogens is 315 g/mol. The molecule has 0 aliphatic carbocycles. The first kappa shape index (κ1) is 15.9. The summed E-state index contributed by atoms with van der Waals surface area (Å²) < 4.78 is 0. The third-order valence-corrected chi connectivity index (χ3v) is 4.43. The van der Waals surface area contributed by atoms with Crippen LogP contribution in [0.25, 0.3) is 0 Å². The minimum Gasteiger partial charge on any atom is -0.481 e. The largest absolute Gasteiger partial charge is 0.481 e. The summed E-state index contributed by atoms with van der Waals surface area (Å²) in [6, 6.07) is 2.89. The van der Waals surface area contributed by atoms with Crippen LogP contribution in [0.1, 0.15) is 12.5 Å². The number of amides is 2. The van der Waals surface area contributed by atoms with Gasteiger partial charge < -0.3 is 15.3 Å². The molecule has 2 rings (SSSR count). The zero-order valence-corrected chi connectivity index (χ0v) is 13.2. The van der Waals surface area contributed by atoms with Crippen molar-refractivity contribution in [2.45, 2.75) is 13.8 Å². The number of carboxylic acid groups (broad SMARTS) is 1. The van der Waals surface area contributed by atoms with Gasteiger partial charge in [0.2, 0.25) is 0 Å². The molecule has 114 valence electrons. The van der Waals surface area contributed by atoms with Crippen LogP contribution in [0.5, 0.6) is 0 Å². The van der Waals surface area contributed by atoms with Gasteiger partial charge >= 0.3 is 12.0 Å². The molecule has 2 N–H and O–H groups in total. The summed E-state index contributed by atoms with van der Waals surface area (Å²) in [6.45, 7) is 4.24. The van der Waals surface area contributed by atoms with Gasteiger partial charge in [-0.2, -0.15) is 0 Å². The minimum atomic E-state index is -0.880. The van der Waals surface area contributed by atoms with Gasteiger partial charge in [-0.15, -0.1) is 0 Å². The van der Waals surface area contributed by atoms with Gasteiger partial charge in [0.15, 0.2) is 0 Å². The molecule has 0 radical (unpaired) electrons. The number of carboxylic acids is 1. The summed E-state index contributed by atoms with van der Waals surface area (Å²) in [5.74, 6) is -1.49. The maximum atomic E-state index is 12.2. The van der Waals surface area contributed by atoms with Crippen molar-refractivity contribution in [2.24, 2.45) is 11.8 Å². The molecule has 1 aromatic carbocycles. The lowest BCUT2D eigenvalue weighted by Gasteiger charge is -2.18. The molecule has 0 spiro atoms. The van der Waals surface area contributed by atoms with Crippen molar-refractivity contribution >= 4 is 40.9 Å². The standard InChI is InChI=1S/C14H16Cl2N2O3/c1-7-3-11(16)12(4-10(7)15)17-14(21)18-5-8(2)9(6-18)13(19)20/h3-4,8-9H,5-6H2,1-2H3,(H,17,21)(H,19,20). The van der Waals surface area contributed by atoms with E-state index in [4.69, 9.17) is 28.3 Å².